The largest absolute Gasteiger partial charge is 0.340 e. The third kappa shape index (κ3) is 3.81. The zero-order valence-electron chi connectivity index (χ0n) is 16.2. The number of nitrogens with one attached hydrogen (secondary N) is 1. The molecule has 0 atom stereocenters. The molecule has 3 heterocycles. The number of fused-ring (bicyclic) bond motifs is 1. The Kier molecular flexibility index (Phi) is 5.34. The van der Waals surface area contributed by atoms with Gasteiger partial charge in [0.05, 0.1) is 5.69 Å². The quantitative estimate of drug-likeness (QED) is 0.825. The fraction of sp³-hybridized carbons (Fsp3) is 0.619. The number of nitrogens with zero attached hydrogens (tertiary/aromatic N) is 3. The molecule has 0 radical (unpaired) electrons. The normalized spacial score (nSPS) is 22.6. The number of carbonyl (C=O) groups is 2. The Bertz CT molecular complexity index is 693. The second-order valence-corrected chi connectivity index (χ2v) is 8.16. The number of carbonyl (C=O) groups excluding carboxylic acids is 2. The number of hydrogen-bond acceptors (Lipinski definition) is 3. The molecule has 1 N–H and O–H groups in total. The van der Waals surface area contributed by atoms with E-state index in [-0.39, 0.29) is 18.5 Å². The average Bonchev–Trinajstić information content (AvgIpc) is 2.84. The van der Waals surface area contributed by atoms with Gasteiger partial charge in [-0.1, -0.05) is 18.2 Å². The van der Waals surface area contributed by atoms with E-state index in [1.54, 1.807) is 16.8 Å². The maximum atomic E-state index is 13.3. The molecule has 6 nitrogen and oxygen atoms in total. The van der Waals surface area contributed by atoms with Gasteiger partial charge in [-0.15, -0.1) is 0 Å². The summed E-state index contributed by atoms with van der Waals surface area (Å²) in [7, 11) is 1.80. The topological polar surface area (TPSA) is 55.9 Å². The van der Waals surface area contributed by atoms with Gasteiger partial charge in [-0.3, -0.25) is 9.69 Å². The zero-order chi connectivity index (χ0) is 18.8. The van der Waals surface area contributed by atoms with E-state index in [2.05, 4.69) is 5.32 Å². The summed E-state index contributed by atoms with van der Waals surface area (Å²) in [6.45, 7) is 4.54. The van der Waals surface area contributed by atoms with Gasteiger partial charge in [0, 0.05) is 26.7 Å². The Morgan fingerprint density at radius 3 is 2.41 bits per heavy atom. The van der Waals surface area contributed by atoms with Crippen LogP contribution in [0.4, 0.5) is 10.5 Å². The fourth-order valence-corrected chi connectivity index (χ4v) is 4.81. The van der Waals surface area contributed by atoms with Crippen molar-refractivity contribution in [1.29, 1.82) is 0 Å². The van der Waals surface area contributed by atoms with Gasteiger partial charge in [0.25, 0.3) is 0 Å². The van der Waals surface area contributed by atoms with E-state index in [0.717, 1.165) is 62.1 Å². The van der Waals surface area contributed by atoms with Gasteiger partial charge >= 0.3 is 6.03 Å². The molecule has 0 saturated carbocycles. The number of benzene rings is 1. The second kappa shape index (κ2) is 7.89. The number of likely N-dealkylation sites (tertiary alicyclic amines) is 1. The summed E-state index contributed by atoms with van der Waals surface area (Å²) in [4.78, 5) is 31.1. The van der Waals surface area contributed by atoms with Gasteiger partial charge in [-0.2, -0.15) is 0 Å². The van der Waals surface area contributed by atoms with Crippen molar-refractivity contribution in [2.75, 3.05) is 44.7 Å². The summed E-state index contributed by atoms with van der Waals surface area (Å²) in [5, 5.41) is 3.44. The highest BCUT2D eigenvalue weighted by Crippen LogP contribution is 2.32. The minimum absolute atomic E-state index is 0.0101. The molecule has 2 fully saturated rings. The number of amides is 3. The number of rotatable bonds is 1. The Morgan fingerprint density at radius 1 is 1.00 bits per heavy atom. The van der Waals surface area contributed by atoms with Crippen LogP contribution < -0.4 is 10.2 Å². The fourth-order valence-electron chi connectivity index (χ4n) is 4.81. The van der Waals surface area contributed by atoms with Crippen LogP contribution in [-0.4, -0.2) is 61.5 Å². The van der Waals surface area contributed by atoms with Gasteiger partial charge < -0.3 is 15.1 Å². The summed E-state index contributed by atoms with van der Waals surface area (Å²) in [5.74, 6) is 1.53. The van der Waals surface area contributed by atoms with E-state index >= 15 is 0 Å². The molecular formula is C21H30N4O2. The van der Waals surface area contributed by atoms with Gasteiger partial charge in [-0.25, -0.2) is 4.79 Å². The lowest BCUT2D eigenvalue weighted by Crippen LogP contribution is -2.50. The van der Waals surface area contributed by atoms with Crippen molar-refractivity contribution in [2.45, 2.75) is 32.2 Å². The van der Waals surface area contributed by atoms with Crippen molar-refractivity contribution in [2.24, 2.45) is 11.8 Å². The Hall–Kier alpha value is -2.08. The molecule has 3 amide bonds. The van der Waals surface area contributed by atoms with Crippen LogP contribution in [0.25, 0.3) is 0 Å². The van der Waals surface area contributed by atoms with E-state index in [1.165, 1.54) is 12.8 Å². The highest BCUT2D eigenvalue weighted by Gasteiger charge is 2.34. The summed E-state index contributed by atoms with van der Waals surface area (Å²) >= 11 is 0. The standard InChI is InChI=1S/C21H30N4O2/c1-23-14-18-4-2-3-5-19(18)25(15-20(23)26)21(27)24-12-8-17(9-13-24)16-6-10-22-11-7-16/h2-5,16-17,22H,6-15H2,1H3. The lowest BCUT2D eigenvalue weighted by Gasteiger charge is -2.39. The van der Waals surface area contributed by atoms with Crippen molar-refractivity contribution in [3.05, 3.63) is 29.8 Å². The van der Waals surface area contributed by atoms with Gasteiger partial charge in [0.15, 0.2) is 0 Å². The van der Waals surface area contributed by atoms with E-state index in [4.69, 9.17) is 0 Å². The maximum absolute atomic E-state index is 13.3. The first-order chi connectivity index (χ1) is 13.1. The average molecular weight is 370 g/mol. The van der Waals surface area contributed by atoms with E-state index in [1.807, 2.05) is 29.2 Å². The molecule has 0 spiro atoms. The van der Waals surface area contributed by atoms with E-state index < -0.39 is 0 Å². The third-order valence-corrected chi connectivity index (χ3v) is 6.50. The van der Waals surface area contributed by atoms with E-state index in [9.17, 15) is 9.59 Å². The molecule has 0 aliphatic carbocycles. The van der Waals surface area contributed by atoms with Crippen LogP contribution in [-0.2, 0) is 11.3 Å². The Balaban J connectivity index is 1.45. The van der Waals surface area contributed by atoms with Crippen LogP contribution in [0.5, 0.6) is 0 Å². The first-order valence-corrected chi connectivity index (χ1v) is 10.2. The number of anilines is 1. The molecule has 4 rings (SSSR count). The van der Waals surface area contributed by atoms with Crippen molar-refractivity contribution in [1.82, 2.24) is 15.1 Å². The molecule has 1 aromatic rings. The number of hydrogen-bond donors (Lipinski definition) is 1. The summed E-state index contributed by atoms with van der Waals surface area (Å²) in [6.07, 6.45) is 4.69. The highest BCUT2D eigenvalue weighted by atomic mass is 16.2. The minimum Gasteiger partial charge on any atom is -0.340 e. The Morgan fingerprint density at radius 2 is 1.67 bits per heavy atom. The summed E-state index contributed by atoms with van der Waals surface area (Å²) in [6, 6.07) is 7.86. The first-order valence-electron chi connectivity index (χ1n) is 10.2. The molecule has 6 heteroatoms. The minimum atomic E-state index is -0.0186. The van der Waals surface area contributed by atoms with Crippen LogP contribution in [0.3, 0.4) is 0 Å². The number of piperidine rings is 2. The molecule has 3 aliphatic heterocycles. The summed E-state index contributed by atoms with van der Waals surface area (Å²) < 4.78 is 0. The van der Waals surface area contributed by atoms with E-state index in [0.29, 0.717) is 6.54 Å². The molecule has 3 aliphatic rings. The van der Waals surface area contributed by atoms with Crippen molar-refractivity contribution in [3.63, 3.8) is 0 Å². The molecule has 1 aromatic carbocycles. The molecule has 2 saturated heterocycles. The van der Waals surface area contributed by atoms with Crippen LogP contribution in [0, 0.1) is 11.8 Å². The molecule has 0 aromatic heterocycles. The van der Waals surface area contributed by atoms with Crippen molar-refractivity contribution in [3.8, 4) is 0 Å². The highest BCUT2D eigenvalue weighted by molar-refractivity contribution is 5.99. The third-order valence-electron chi connectivity index (χ3n) is 6.50. The molecule has 0 unspecified atom stereocenters. The SMILES string of the molecule is CN1Cc2ccccc2N(C(=O)N2CCC(C3CCNCC3)CC2)CC1=O. The van der Waals surface area contributed by atoms with Crippen molar-refractivity contribution < 1.29 is 9.59 Å². The van der Waals surface area contributed by atoms with Crippen LogP contribution in [0.15, 0.2) is 24.3 Å². The number of likely N-dealkylation sites (N-methyl/N-ethyl adjacent to an activating group) is 1. The monoisotopic (exact) mass is 370 g/mol. The van der Waals surface area contributed by atoms with Gasteiger partial charge in [0.1, 0.15) is 6.54 Å². The lowest BCUT2D eigenvalue weighted by atomic mass is 9.79. The first kappa shape index (κ1) is 18.3. The maximum Gasteiger partial charge on any atom is 0.324 e. The van der Waals surface area contributed by atoms with Gasteiger partial charge in [0.2, 0.25) is 5.91 Å². The van der Waals surface area contributed by atoms with Crippen LogP contribution in [0.2, 0.25) is 0 Å². The molecule has 146 valence electrons. The summed E-state index contributed by atoms with van der Waals surface area (Å²) in [5.41, 5.74) is 1.91. The predicted octanol–water partition coefficient (Wildman–Crippen LogP) is 2.30. The molecule has 27 heavy (non-hydrogen) atoms. The van der Waals surface area contributed by atoms with Crippen molar-refractivity contribution >= 4 is 17.6 Å². The van der Waals surface area contributed by atoms with Crippen LogP contribution in [0.1, 0.15) is 31.2 Å². The van der Waals surface area contributed by atoms with Crippen LogP contribution >= 0.6 is 0 Å². The molecular weight excluding hydrogens is 340 g/mol. The predicted molar refractivity (Wildman–Crippen MR) is 106 cm³/mol. The smallest absolute Gasteiger partial charge is 0.324 e. The molecule has 0 bridgehead atoms. The number of urea groups is 1. The van der Waals surface area contributed by atoms with Gasteiger partial charge in [-0.05, 0) is 62.2 Å². The number of para-hydroxylation sites is 1. The lowest BCUT2D eigenvalue weighted by molar-refractivity contribution is -0.128. The second-order valence-electron chi connectivity index (χ2n) is 8.16. The zero-order valence-corrected chi connectivity index (χ0v) is 16.2. The Labute approximate surface area is 161 Å².